The topological polar surface area (TPSA) is 138 Å². The Labute approximate surface area is 230 Å². The average molecular weight is 560 g/mol. The molecular formula is C26H33N5O5S2. The highest BCUT2D eigenvalue weighted by atomic mass is 32.2. The molecule has 38 heavy (non-hydrogen) atoms. The highest BCUT2D eigenvalue weighted by molar-refractivity contribution is 7.99. The smallest absolute Gasteiger partial charge is 0.341 e. The van der Waals surface area contributed by atoms with Gasteiger partial charge in [0.15, 0.2) is 17.1 Å². The van der Waals surface area contributed by atoms with Gasteiger partial charge in [-0.1, -0.05) is 44.7 Å². The fourth-order valence-corrected chi connectivity index (χ4v) is 5.64. The Bertz CT molecular complexity index is 1320. The molecule has 10 nitrogen and oxygen atoms in total. The van der Waals surface area contributed by atoms with Crippen molar-refractivity contribution < 1.29 is 23.9 Å². The van der Waals surface area contributed by atoms with E-state index in [4.69, 9.17) is 15.2 Å². The molecule has 0 saturated heterocycles. The van der Waals surface area contributed by atoms with Gasteiger partial charge in [0.2, 0.25) is 5.91 Å². The zero-order valence-electron chi connectivity index (χ0n) is 22.6. The standard InChI is InChI=1S/C26H33N5O5S2/c1-8-31-22(15(3)36-17-11-9-16(10-12-17)26(4,5)6)29-30-25(31)37-13-18(32)28-23-19(24(34)35-7)14(2)20(38-23)21(27)33/h9-12,15H,8,13H2,1-7H3,(H2,27,33)(H,28,32). The molecule has 2 aromatic heterocycles. The molecule has 1 unspecified atom stereocenters. The Morgan fingerprint density at radius 1 is 1.18 bits per heavy atom. The SMILES string of the molecule is CCn1c(SCC(=O)Nc2sc(C(N)=O)c(C)c2C(=O)OC)nnc1C(C)Oc1ccc(C(C)(C)C)cc1. The Morgan fingerprint density at radius 2 is 1.84 bits per heavy atom. The summed E-state index contributed by atoms with van der Waals surface area (Å²) >= 11 is 2.14. The van der Waals surface area contributed by atoms with Crippen molar-refractivity contribution in [1.82, 2.24) is 14.8 Å². The van der Waals surface area contributed by atoms with Crippen LogP contribution in [-0.2, 0) is 21.5 Å². The summed E-state index contributed by atoms with van der Waals surface area (Å²) in [7, 11) is 1.23. The van der Waals surface area contributed by atoms with E-state index in [0.29, 0.717) is 23.1 Å². The van der Waals surface area contributed by atoms with Crippen LogP contribution in [0.1, 0.15) is 77.7 Å². The molecule has 0 bridgehead atoms. The van der Waals surface area contributed by atoms with E-state index in [1.165, 1.54) is 24.4 Å². The van der Waals surface area contributed by atoms with Crippen molar-refractivity contribution in [3.63, 3.8) is 0 Å². The molecule has 3 rings (SSSR count). The molecule has 1 atom stereocenters. The number of nitrogens with one attached hydrogen (secondary N) is 1. The van der Waals surface area contributed by atoms with Gasteiger partial charge in [-0.25, -0.2) is 4.79 Å². The third kappa shape index (κ3) is 6.54. The summed E-state index contributed by atoms with van der Waals surface area (Å²) in [6.07, 6.45) is -0.366. The van der Waals surface area contributed by atoms with Crippen molar-refractivity contribution in [2.24, 2.45) is 5.73 Å². The number of hydrogen-bond acceptors (Lipinski definition) is 9. The molecule has 0 radical (unpaired) electrons. The Kier molecular flexibility index (Phi) is 9.21. The zero-order valence-corrected chi connectivity index (χ0v) is 24.2. The monoisotopic (exact) mass is 559 g/mol. The van der Waals surface area contributed by atoms with Crippen LogP contribution in [0.3, 0.4) is 0 Å². The minimum absolute atomic E-state index is 0.00506. The molecule has 0 spiro atoms. The van der Waals surface area contributed by atoms with Gasteiger partial charge in [-0.05, 0) is 49.4 Å². The van der Waals surface area contributed by atoms with Crippen LogP contribution in [0.15, 0.2) is 29.4 Å². The lowest BCUT2D eigenvalue weighted by Gasteiger charge is -2.20. The Balaban J connectivity index is 1.69. The van der Waals surface area contributed by atoms with Crippen molar-refractivity contribution >= 4 is 45.9 Å². The number of thiophene rings is 1. The summed E-state index contributed by atoms with van der Waals surface area (Å²) in [6, 6.07) is 8.00. The third-order valence-electron chi connectivity index (χ3n) is 5.80. The Morgan fingerprint density at radius 3 is 2.39 bits per heavy atom. The van der Waals surface area contributed by atoms with Crippen molar-refractivity contribution in [3.8, 4) is 5.75 Å². The molecule has 3 aromatic rings. The summed E-state index contributed by atoms with van der Waals surface area (Å²) in [5.74, 6) is -0.349. The fourth-order valence-electron chi connectivity index (χ4n) is 3.77. The summed E-state index contributed by atoms with van der Waals surface area (Å²) in [6.45, 7) is 12.5. The molecule has 0 fully saturated rings. The van der Waals surface area contributed by atoms with E-state index in [0.717, 1.165) is 17.1 Å². The van der Waals surface area contributed by atoms with Gasteiger partial charge in [0, 0.05) is 6.54 Å². The second-order valence-corrected chi connectivity index (χ2v) is 11.5. The van der Waals surface area contributed by atoms with E-state index in [1.807, 2.05) is 30.5 Å². The van der Waals surface area contributed by atoms with Gasteiger partial charge in [0.1, 0.15) is 10.8 Å². The number of amides is 2. The summed E-state index contributed by atoms with van der Waals surface area (Å²) in [5, 5.41) is 12.0. The van der Waals surface area contributed by atoms with E-state index in [-0.39, 0.29) is 38.6 Å². The number of carbonyl (C=O) groups excluding carboxylic acids is 3. The number of ether oxygens (including phenoxy) is 2. The number of methoxy groups -OCH3 is 1. The molecule has 0 aliphatic rings. The lowest BCUT2D eigenvalue weighted by atomic mass is 9.87. The lowest BCUT2D eigenvalue weighted by Crippen LogP contribution is -2.17. The number of aromatic nitrogens is 3. The second kappa shape index (κ2) is 12.0. The van der Waals surface area contributed by atoms with Crippen LogP contribution in [0.4, 0.5) is 5.00 Å². The molecule has 2 heterocycles. The van der Waals surface area contributed by atoms with Crippen molar-refractivity contribution in [2.45, 2.75) is 64.8 Å². The van der Waals surface area contributed by atoms with E-state index in [2.05, 4.69) is 48.4 Å². The number of esters is 1. The van der Waals surface area contributed by atoms with Gasteiger partial charge < -0.3 is 25.1 Å². The molecule has 2 amide bonds. The van der Waals surface area contributed by atoms with Crippen molar-refractivity contribution in [3.05, 3.63) is 51.7 Å². The normalized spacial score (nSPS) is 12.2. The number of thioether (sulfide) groups is 1. The molecule has 0 aliphatic heterocycles. The highest BCUT2D eigenvalue weighted by Gasteiger charge is 2.26. The quantitative estimate of drug-likeness (QED) is 0.269. The fraction of sp³-hybridized carbons (Fsp3) is 0.423. The van der Waals surface area contributed by atoms with E-state index in [1.54, 1.807) is 6.92 Å². The van der Waals surface area contributed by atoms with Gasteiger partial charge in [-0.2, -0.15) is 0 Å². The average Bonchev–Trinajstić information content (AvgIpc) is 3.42. The van der Waals surface area contributed by atoms with E-state index < -0.39 is 11.9 Å². The van der Waals surface area contributed by atoms with Crippen LogP contribution in [-0.4, -0.2) is 45.4 Å². The maximum atomic E-state index is 12.7. The third-order valence-corrected chi connectivity index (χ3v) is 7.99. The maximum Gasteiger partial charge on any atom is 0.341 e. The highest BCUT2D eigenvalue weighted by Crippen LogP contribution is 2.34. The van der Waals surface area contributed by atoms with Crippen LogP contribution in [0.5, 0.6) is 5.75 Å². The first-order chi connectivity index (χ1) is 17.9. The number of carbonyl (C=O) groups is 3. The van der Waals surface area contributed by atoms with Crippen LogP contribution in [0.2, 0.25) is 0 Å². The zero-order chi connectivity index (χ0) is 28.2. The number of primary amides is 1. The molecule has 1 aromatic carbocycles. The number of anilines is 1. The minimum atomic E-state index is -0.683. The lowest BCUT2D eigenvalue weighted by molar-refractivity contribution is -0.113. The van der Waals surface area contributed by atoms with Gasteiger partial charge in [0.25, 0.3) is 5.91 Å². The summed E-state index contributed by atoms with van der Waals surface area (Å²) in [4.78, 5) is 36.9. The molecular weight excluding hydrogens is 526 g/mol. The summed E-state index contributed by atoms with van der Waals surface area (Å²) < 4.78 is 12.8. The first-order valence-electron chi connectivity index (χ1n) is 12.0. The minimum Gasteiger partial charge on any atom is -0.483 e. The van der Waals surface area contributed by atoms with Crippen LogP contribution >= 0.6 is 23.1 Å². The predicted molar refractivity (Wildman–Crippen MR) is 148 cm³/mol. The van der Waals surface area contributed by atoms with Crippen molar-refractivity contribution in [1.29, 1.82) is 0 Å². The Hall–Kier alpha value is -3.38. The van der Waals surface area contributed by atoms with Crippen LogP contribution in [0.25, 0.3) is 0 Å². The maximum absolute atomic E-state index is 12.7. The van der Waals surface area contributed by atoms with E-state index in [9.17, 15) is 14.4 Å². The van der Waals surface area contributed by atoms with Gasteiger partial charge >= 0.3 is 5.97 Å². The van der Waals surface area contributed by atoms with Crippen molar-refractivity contribution in [2.75, 3.05) is 18.2 Å². The molecule has 3 N–H and O–H groups in total. The number of hydrogen-bond donors (Lipinski definition) is 2. The molecule has 0 aliphatic carbocycles. The first kappa shape index (κ1) is 29.2. The molecule has 204 valence electrons. The van der Waals surface area contributed by atoms with Crippen LogP contribution in [0, 0.1) is 6.92 Å². The summed E-state index contributed by atoms with van der Waals surface area (Å²) in [5.41, 5.74) is 7.17. The van der Waals surface area contributed by atoms with Crippen LogP contribution < -0.4 is 15.8 Å². The van der Waals surface area contributed by atoms with Gasteiger partial charge in [-0.15, -0.1) is 21.5 Å². The van der Waals surface area contributed by atoms with Gasteiger partial charge in [0.05, 0.1) is 23.3 Å². The second-order valence-electron chi connectivity index (χ2n) is 9.57. The number of rotatable bonds is 10. The van der Waals surface area contributed by atoms with E-state index >= 15 is 0 Å². The first-order valence-corrected chi connectivity index (χ1v) is 13.8. The number of nitrogens with two attached hydrogens (primary N) is 1. The van der Waals surface area contributed by atoms with Gasteiger partial charge in [-0.3, -0.25) is 9.59 Å². The number of nitrogens with zero attached hydrogens (tertiary/aromatic N) is 3. The molecule has 0 saturated carbocycles. The largest absolute Gasteiger partial charge is 0.483 e. The predicted octanol–water partition coefficient (Wildman–Crippen LogP) is 4.72. The number of benzene rings is 1. The molecule has 12 heteroatoms.